The van der Waals surface area contributed by atoms with Gasteiger partial charge in [0.05, 0.1) is 0 Å². The third kappa shape index (κ3) is 9.20. The quantitative estimate of drug-likeness (QED) is 0.540. The van der Waals surface area contributed by atoms with E-state index in [1.165, 1.54) is 21.2 Å². The minimum Gasteiger partial charge on any atom is -0.336 e. The van der Waals surface area contributed by atoms with Gasteiger partial charge in [-0.2, -0.15) is 0 Å². The highest BCUT2D eigenvalue weighted by atomic mass is 33.3. The summed E-state index contributed by atoms with van der Waals surface area (Å²) in [7, 11) is 2.70. The lowest BCUT2D eigenvalue weighted by atomic mass is 10.3. The highest BCUT2D eigenvalue weighted by Gasteiger charge is 2.18. The molecule has 0 aliphatic carbocycles. The zero-order valence-electron chi connectivity index (χ0n) is 8.52. The van der Waals surface area contributed by atoms with Crippen molar-refractivity contribution in [2.24, 2.45) is 5.92 Å². The second-order valence-corrected chi connectivity index (χ2v) is 10.1. The van der Waals surface area contributed by atoms with Crippen molar-refractivity contribution in [3.05, 3.63) is 0 Å². The molecule has 2 nitrogen and oxygen atoms in total. The van der Waals surface area contributed by atoms with Gasteiger partial charge in [0.25, 0.3) is 6.57 Å². The van der Waals surface area contributed by atoms with E-state index in [-0.39, 0.29) is 0 Å². The zero-order valence-corrected chi connectivity index (χ0v) is 11.1. The third-order valence-corrected chi connectivity index (χ3v) is 8.40. The van der Waals surface area contributed by atoms with Gasteiger partial charge in [0.1, 0.15) is 0 Å². The van der Waals surface area contributed by atoms with Crippen LogP contribution < -0.4 is 0 Å². The van der Waals surface area contributed by atoms with E-state index in [1.807, 2.05) is 6.92 Å². The van der Waals surface area contributed by atoms with Crippen molar-refractivity contribution >= 4 is 27.8 Å². The SMILES string of the molecule is CCCCP(=O)(O)SSCC(C)C. The molecule has 0 radical (unpaired) electrons. The lowest BCUT2D eigenvalue weighted by Crippen LogP contribution is -1.88. The maximum absolute atomic E-state index is 11.5. The largest absolute Gasteiger partial charge is 0.336 e. The lowest BCUT2D eigenvalue weighted by Gasteiger charge is -2.09. The van der Waals surface area contributed by atoms with E-state index >= 15 is 0 Å². The summed E-state index contributed by atoms with van der Waals surface area (Å²) >= 11 is 0. The molecule has 0 rings (SSSR count). The molecular formula is C8H19O2PS2. The predicted molar refractivity (Wildman–Crippen MR) is 64.5 cm³/mol. The Kier molecular flexibility index (Phi) is 7.71. The Morgan fingerprint density at radius 1 is 1.46 bits per heavy atom. The van der Waals surface area contributed by atoms with Crippen molar-refractivity contribution in [1.82, 2.24) is 0 Å². The molecule has 0 saturated heterocycles. The van der Waals surface area contributed by atoms with E-state index in [2.05, 4.69) is 13.8 Å². The number of hydrogen-bond acceptors (Lipinski definition) is 3. The highest BCUT2D eigenvalue weighted by Crippen LogP contribution is 2.61. The second-order valence-electron chi connectivity index (χ2n) is 3.47. The molecule has 0 aromatic carbocycles. The lowest BCUT2D eigenvalue weighted by molar-refractivity contribution is 0.495. The third-order valence-electron chi connectivity index (χ3n) is 1.36. The van der Waals surface area contributed by atoms with E-state index in [0.717, 1.165) is 18.6 Å². The van der Waals surface area contributed by atoms with Gasteiger partial charge in [-0.05, 0) is 22.8 Å². The molecule has 0 aromatic heterocycles. The van der Waals surface area contributed by atoms with E-state index in [0.29, 0.717) is 12.1 Å². The van der Waals surface area contributed by atoms with Crippen LogP contribution >= 0.6 is 27.8 Å². The van der Waals surface area contributed by atoms with E-state index in [4.69, 9.17) is 0 Å². The van der Waals surface area contributed by atoms with E-state index in [9.17, 15) is 9.46 Å². The van der Waals surface area contributed by atoms with Gasteiger partial charge in [0.2, 0.25) is 0 Å². The molecule has 0 aromatic rings. The summed E-state index contributed by atoms with van der Waals surface area (Å²) in [6, 6.07) is 0. The number of rotatable bonds is 7. The summed E-state index contributed by atoms with van der Waals surface area (Å²) in [4.78, 5) is 9.46. The summed E-state index contributed by atoms with van der Waals surface area (Å²) in [5.41, 5.74) is 0. The predicted octanol–water partition coefficient (Wildman–Crippen LogP) is 4.01. The van der Waals surface area contributed by atoms with Gasteiger partial charge >= 0.3 is 0 Å². The molecule has 1 unspecified atom stereocenters. The van der Waals surface area contributed by atoms with Crippen molar-refractivity contribution in [3.63, 3.8) is 0 Å². The van der Waals surface area contributed by atoms with Crippen LogP contribution in [0.1, 0.15) is 33.6 Å². The van der Waals surface area contributed by atoms with Crippen LogP contribution in [0.5, 0.6) is 0 Å². The molecule has 0 fully saturated rings. The van der Waals surface area contributed by atoms with Crippen LogP contribution in [0.4, 0.5) is 0 Å². The summed E-state index contributed by atoms with van der Waals surface area (Å²) in [6.07, 6.45) is 2.29. The minimum absolute atomic E-state index is 0.458. The van der Waals surface area contributed by atoms with Crippen LogP contribution in [0.25, 0.3) is 0 Å². The summed E-state index contributed by atoms with van der Waals surface area (Å²) in [5, 5.41) is 0. The van der Waals surface area contributed by atoms with Gasteiger partial charge in [-0.15, -0.1) is 0 Å². The Hall–Kier alpha value is 0.890. The van der Waals surface area contributed by atoms with Crippen LogP contribution in [0.15, 0.2) is 0 Å². The topological polar surface area (TPSA) is 37.3 Å². The summed E-state index contributed by atoms with van der Waals surface area (Å²) in [6.45, 7) is 3.37. The molecule has 0 aliphatic heterocycles. The first-order chi connectivity index (χ1) is 5.98. The van der Waals surface area contributed by atoms with Crippen molar-refractivity contribution in [1.29, 1.82) is 0 Å². The van der Waals surface area contributed by atoms with Crippen molar-refractivity contribution in [2.75, 3.05) is 11.9 Å². The molecule has 0 amide bonds. The average Bonchev–Trinajstić information content (AvgIpc) is 2.00. The van der Waals surface area contributed by atoms with Gasteiger partial charge < -0.3 is 4.89 Å². The highest BCUT2D eigenvalue weighted by molar-refractivity contribution is 8.99. The summed E-state index contributed by atoms with van der Waals surface area (Å²) < 4.78 is 11.5. The van der Waals surface area contributed by atoms with Gasteiger partial charge in [0.15, 0.2) is 0 Å². The summed E-state index contributed by atoms with van der Waals surface area (Å²) in [5.74, 6) is 1.53. The van der Waals surface area contributed by atoms with Gasteiger partial charge in [0, 0.05) is 11.9 Å². The minimum atomic E-state index is -2.89. The molecule has 0 bridgehead atoms. The number of unbranched alkanes of at least 4 members (excludes halogenated alkanes) is 1. The Morgan fingerprint density at radius 2 is 2.08 bits per heavy atom. The zero-order chi connectivity index (χ0) is 10.3. The average molecular weight is 242 g/mol. The Labute approximate surface area is 88.9 Å². The fourth-order valence-corrected chi connectivity index (χ4v) is 6.74. The van der Waals surface area contributed by atoms with Gasteiger partial charge in [-0.3, -0.25) is 4.57 Å². The molecule has 13 heavy (non-hydrogen) atoms. The monoisotopic (exact) mass is 242 g/mol. The fraction of sp³-hybridized carbons (Fsp3) is 1.00. The molecule has 0 spiro atoms. The van der Waals surface area contributed by atoms with Crippen molar-refractivity contribution < 1.29 is 9.46 Å². The van der Waals surface area contributed by atoms with Crippen molar-refractivity contribution in [3.8, 4) is 0 Å². The first kappa shape index (κ1) is 13.9. The Morgan fingerprint density at radius 3 is 2.54 bits per heavy atom. The number of hydrogen-bond donors (Lipinski definition) is 1. The van der Waals surface area contributed by atoms with Crippen LogP contribution in [0, 0.1) is 5.92 Å². The van der Waals surface area contributed by atoms with Crippen LogP contribution in [-0.2, 0) is 4.57 Å². The first-order valence-electron chi connectivity index (χ1n) is 4.61. The molecule has 0 heterocycles. The Balaban J connectivity index is 3.57. The second kappa shape index (κ2) is 7.22. The van der Waals surface area contributed by atoms with E-state index in [1.54, 1.807) is 0 Å². The smallest absolute Gasteiger partial charge is 0.265 e. The normalized spacial score (nSPS) is 16.1. The maximum atomic E-state index is 11.5. The molecule has 80 valence electrons. The fourth-order valence-electron chi connectivity index (χ4n) is 0.644. The first-order valence-corrected chi connectivity index (χ1v) is 9.38. The molecule has 0 saturated carbocycles. The van der Waals surface area contributed by atoms with Crippen LogP contribution in [0.3, 0.4) is 0 Å². The van der Waals surface area contributed by atoms with Crippen molar-refractivity contribution in [2.45, 2.75) is 33.6 Å². The van der Waals surface area contributed by atoms with Gasteiger partial charge in [-0.1, -0.05) is 38.0 Å². The van der Waals surface area contributed by atoms with Crippen LogP contribution in [-0.4, -0.2) is 16.8 Å². The molecular weight excluding hydrogens is 223 g/mol. The molecule has 1 N–H and O–H groups in total. The molecule has 5 heteroatoms. The van der Waals surface area contributed by atoms with Crippen LogP contribution in [0.2, 0.25) is 0 Å². The van der Waals surface area contributed by atoms with Gasteiger partial charge in [-0.25, -0.2) is 0 Å². The molecule has 1 atom stereocenters. The Bertz CT molecular complexity index is 174. The standard InChI is InChI=1S/C8H19O2PS2/c1-4-5-6-11(9,10)13-12-7-8(2)3/h8H,4-7H2,1-3H3,(H,9,10). The maximum Gasteiger partial charge on any atom is 0.265 e. The van der Waals surface area contributed by atoms with E-state index < -0.39 is 6.57 Å². The molecule has 0 aliphatic rings.